The highest BCUT2D eigenvalue weighted by Gasteiger charge is 2.18. The first-order valence-electron chi connectivity index (χ1n) is 16.6. The highest BCUT2D eigenvalue weighted by Crippen LogP contribution is 2.41. The van der Waals surface area contributed by atoms with Crippen molar-refractivity contribution in [3.05, 3.63) is 164 Å². The largest absolute Gasteiger partial charge is 0.292 e. The lowest BCUT2D eigenvalue weighted by atomic mass is 10.0. The monoisotopic (exact) mass is 657 g/mol. The Labute approximate surface area is 291 Å². The number of para-hydroxylation sites is 1. The summed E-state index contributed by atoms with van der Waals surface area (Å²) in [7, 11) is 0. The maximum Gasteiger partial charge on any atom is 0.164 e. The van der Waals surface area contributed by atoms with Crippen LogP contribution in [-0.2, 0) is 0 Å². The minimum absolute atomic E-state index is 0.644. The zero-order chi connectivity index (χ0) is 33.0. The molecule has 4 aromatic heterocycles. The lowest BCUT2D eigenvalue weighted by Gasteiger charge is -2.09. The van der Waals surface area contributed by atoms with Gasteiger partial charge in [0.15, 0.2) is 17.5 Å². The van der Waals surface area contributed by atoms with Crippen molar-refractivity contribution in [2.75, 3.05) is 0 Å². The third-order valence-electron chi connectivity index (χ3n) is 9.33. The quantitative estimate of drug-likeness (QED) is 0.185. The van der Waals surface area contributed by atoms with Gasteiger partial charge < -0.3 is 0 Å². The van der Waals surface area contributed by atoms with Crippen LogP contribution in [0, 0.1) is 0 Å². The van der Waals surface area contributed by atoms with E-state index in [-0.39, 0.29) is 0 Å². The summed E-state index contributed by atoms with van der Waals surface area (Å²) in [5.74, 6) is 1.94. The molecule has 0 radical (unpaired) electrons. The topological polar surface area (TPSA) is 56.5 Å². The summed E-state index contributed by atoms with van der Waals surface area (Å²) in [4.78, 5) is 19.9. The Hall–Kier alpha value is -6.50. The van der Waals surface area contributed by atoms with Gasteiger partial charge in [-0.1, -0.05) is 127 Å². The Balaban J connectivity index is 1.12. The minimum Gasteiger partial charge on any atom is -0.292 e. The lowest BCUT2D eigenvalue weighted by Crippen LogP contribution is -2.00. The fraction of sp³-hybridized carbons (Fsp3) is 0. The van der Waals surface area contributed by atoms with Gasteiger partial charge >= 0.3 is 0 Å². The first kappa shape index (κ1) is 28.5. The number of nitrogens with zero attached hydrogens (tertiary/aromatic N) is 5. The maximum atomic E-state index is 5.06. The molecule has 10 rings (SSSR count). The highest BCUT2D eigenvalue weighted by molar-refractivity contribution is 7.26. The van der Waals surface area contributed by atoms with Crippen LogP contribution in [0.4, 0.5) is 0 Å². The molecule has 50 heavy (non-hydrogen) atoms. The average Bonchev–Trinajstić information content (AvgIpc) is 3.74. The predicted octanol–water partition coefficient (Wildman–Crippen LogP) is 11.4. The second-order valence-electron chi connectivity index (χ2n) is 12.3. The molecular formula is C44H27N5S. The van der Waals surface area contributed by atoms with E-state index in [2.05, 4.69) is 120 Å². The molecule has 0 saturated heterocycles. The van der Waals surface area contributed by atoms with Crippen LogP contribution in [0.5, 0.6) is 0 Å². The van der Waals surface area contributed by atoms with Gasteiger partial charge in [0, 0.05) is 49.1 Å². The number of aromatic nitrogens is 5. The van der Waals surface area contributed by atoms with E-state index < -0.39 is 0 Å². The molecule has 0 saturated carbocycles. The van der Waals surface area contributed by atoms with Gasteiger partial charge in [-0.25, -0.2) is 19.9 Å². The summed E-state index contributed by atoms with van der Waals surface area (Å²) in [6.07, 6.45) is 1.87. The second-order valence-corrected chi connectivity index (χ2v) is 13.4. The van der Waals surface area contributed by atoms with Crippen molar-refractivity contribution < 1.29 is 0 Å². The normalized spacial score (nSPS) is 11.6. The average molecular weight is 658 g/mol. The summed E-state index contributed by atoms with van der Waals surface area (Å²) in [6, 6.07) is 54.8. The molecule has 0 fully saturated rings. The summed E-state index contributed by atoms with van der Waals surface area (Å²) in [6.45, 7) is 0. The van der Waals surface area contributed by atoms with E-state index in [4.69, 9.17) is 19.9 Å². The molecule has 0 spiro atoms. The molecule has 4 heterocycles. The minimum atomic E-state index is 0.644. The molecule has 0 amide bonds. The molecule has 0 N–H and O–H groups in total. The van der Waals surface area contributed by atoms with E-state index in [0.29, 0.717) is 17.5 Å². The first-order chi connectivity index (χ1) is 24.8. The van der Waals surface area contributed by atoms with Crippen LogP contribution in [0.3, 0.4) is 0 Å². The molecule has 0 aliphatic rings. The smallest absolute Gasteiger partial charge is 0.164 e. The molecule has 0 aliphatic carbocycles. The number of benzene rings is 6. The number of rotatable bonds is 5. The zero-order valence-electron chi connectivity index (χ0n) is 26.7. The van der Waals surface area contributed by atoms with Gasteiger partial charge in [-0.3, -0.25) is 4.57 Å². The van der Waals surface area contributed by atoms with E-state index in [9.17, 15) is 0 Å². The molecule has 0 bridgehead atoms. The molecule has 5 nitrogen and oxygen atoms in total. The van der Waals surface area contributed by atoms with Crippen molar-refractivity contribution in [1.29, 1.82) is 0 Å². The van der Waals surface area contributed by atoms with Crippen molar-refractivity contribution >= 4 is 53.4 Å². The van der Waals surface area contributed by atoms with Gasteiger partial charge in [0.05, 0.1) is 15.9 Å². The van der Waals surface area contributed by atoms with Gasteiger partial charge in [0.1, 0.15) is 5.65 Å². The number of fused-ring (bicyclic) bond motifs is 6. The number of hydrogen-bond acceptors (Lipinski definition) is 5. The Bertz CT molecular complexity index is 2800. The van der Waals surface area contributed by atoms with E-state index in [0.717, 1.165) is 44.5 Å². The first-order valence-corrected chi connectivity index (χ1v) is 17.4. The van der Waals surface area contributed by atoms with Crippen LogP contribution in [-0.4, -0.2) is 24.5 Å². The van der Waals surface area contributed by atoms with E-state index in [1.54, 1.807) is 11.3 Å². The number of pyridine rings is 1. The van der Waals surface area contributed by atoms with Crippen molar-refractivity contribution in [3.63, 3.8) is 0 Å². The number of hydrogen-bond donors (Lipinski definition) is 0. The van der Waals surface area contributed by atoms with Gasteiger partial charge in [-0.2, -0.15) is 0 Å². The van der Waals surface area contributed by atoms with Crippen molar-refractivity contribution in [3.8, 4) is 51.0 Å². The summed E-state index contributed by atoms with van der Waals surface area (Å²) >= 11 is 1.79. The summed E-state index contributed by atoms with van der Waals surface area (Å²) in [5.41, 5.74) is 8.40. The summed E-state index contributed by atoms with van der Waals surface area (Å²) < 4.78 is 4.69. The zero-order valence-corrected chi connectivity index (χ0v) is 27.5. The molecule has 0 aliphatic heterocycles. The van der Waals surface area contributed by atoms with Crippen molar-refractivity contribution in [2.45, 2.75) is 0 Å². The van der Waals surface area contributed by atoms with Crippen molar-refractivity contribution in [2.24, 2.45) is 0 Å². The molecule has 10 aromatic rings. The molecule has 0 unspecified atom stereocenters. The maximum absolute atomic E-state index is 5.06. The van der Waals surface area contributed by atoms with Crippen LogP contribution in [0.2, 0.25) is 0 Å². The lowest BCUT2D eigenvalue weighted by molar-refractivity contribution is 1.07. The molecule has 0 atom stereocenters. The van der Waals surface area contributed by atoms with Gasteiger partial charge in [-0.05, 0) is 41.5 Å². The molecular weight excluding hydrogens is 631 g/mol. The van der Waals surface area contributed by atoms with Gasteiger partial charge in [0.2, 0.25) is 0 Å². The van der Waals surface area contributed by atoms with Gasteiger partial charge in [-0.15, -0.1) is 11.3 Å². The fourth-order valence-corrected chi connectivity index (χ4v) is 8.18. The van der Waals surface area contributed by atoms with Gasteiger partial charge in [0.25, 0.3) is 0 Å². The Morgan fingerprint density at radius 3 is 1.78 bits per heavy atom. The fourth-order valence-electron chi connectivity index (χ4n) is 6.93. The summed E-state index contributed by atoms with van der Waals surface area (Å²) in [5, 5.41) is 4.78. The van der Waals surface area contributed by atoms with Crippen LogP contribution in [0.15, 0.2) is 164 Å². The Morgan fingerprint density at radius 2 is 1.00 bits per heavy atom. The van der Waals surface area contributed by atoms with Crippen LogP contribution in [0.25, 0.3) is 93.1 Å². The standard InChI is InChI=1S/C44H27N5S/c1-3-11-28(12-4-1)29-20-22-31(23-21-29)42-46-41(30-13-5-2-6-14-30)47-43(48-42)32-24-25-34-35-16-9-19-38(40(35)50-39(34)27-32)49-37-18-8-7-15-33(37)36-17-10-26-45-44(36)49/h1-27H. The number of thiophene rings is 1. The molecule has 234 valence electrons. The predicted molar refractivity (Wildman–Crippen MR) is 207 cm³/mol. The van der Waals surface area contributed by atoms with Crippen molar-refractivity contribution in [1.82, 2.24) is 24.5 Å². The van der Waals surface area contributed by atoms with Crippen LogP contribution in [0.1, 0.15) is 0 Å². The van der Waals surface area contributed by atoms with E-state index in [1.165, 1.54) is 31.1 Å². The third-order valence-corrected chi connectivity index (χ3v) is 10.5. The Kier molecular flexibility index (Phi) is 6.60. The SMILES string of the molecule is c1ccc(-c2ccc(-c3nc(-c4ccccc4)nc(-c4ccc5c(c4)sc4c(-n6c7ccccc7c7cccnc76)cccc45)n3)cc2)cc1. The highest BCUT2D eigenvalue weighted by atomic mass is 32.1. The van der Waals surface area contributed by atoms with E-state index in [1.807, 2.05) is 48.7 Å². The second kappa shape index (κ2) is 11.6. The Morgan fingerprint density at radius 1 is 0.420 bits per heavy atom. The van der Waals surface area contributed by atoms with E-state index >= 15 is 0 Å². The van der Waals surface area contributed by atoms with Crippen LogP contribution >= 0.6 is 11.3 Å². The third kappa shape index (κ3) is 4.69. The molecule has 6 heteroatoms. The van der Waals surface area contributed by atoms with Crippen LogP contribution < -0.4 is 0 Å². The molecule has 6 aromatic carbocycles.